The van der Waals surface area contributed by atoms with Crippen molar-refractivity contribution in [1.82, 2.24) is 9.88 Å². The number of ether oxygens (including phenoxy) is 2. The van der Waals surface area contributed by atoms with E-state index >= 15 is 0 Å². The molecule has 3 heterocycles. The fourth-order valence-electron chi connectivity index (χ4n) is 5.14. The molecule has 32 heavy (non-hydrogen) atoms. The third-order valence-electron chi connectivity index (χ3n) is 6.91. The molecule has 5 nitrogen and oxygen atoms in total. The summed E-state index contributed by atoms with van der Waals surface area (Å²) in [6, 6.07) is 12.9. The molecule has 0 aliphatic carbocycles. The maximum Gasteiger partial charge on any atom is 0.223 e. The Morgan fingerprint density at radius 1 is 1.16 bits per heavy atom. The summed E-state index contributed by atoms with van der Waals surface area (Å²) < 4.78 is 25.7. The first kappa shape index (κ1) is 21.2. The molecule has 1 unspecified atom stereocenters. The molecule has 0 saturated carbocycles. The van der Waals surface area contributed by atoms with Gasteiger partial charge in [0.2, 0.25) is 5.91 Å². The maximum atomic E-state index is 14.1. The van der Waals surface area contributed by atoms with Gasteiger partial charge in [-0.1, -0.05) is 37.3 Å². The zero-order valence-corrected chi connectivity index (χ0v) is 18.4. The zero-order chi connectivity index (χ0) is 22.1. The van der Waals surface area contributed by atoms with Crippen LogP contribution in [0, 0.1) is 5.82 Å². The second-order valence-electron chi connectivity index (χ2n) is 8.74. The summed E-state index contributed by atoms with van der Waals surface area (Å²) in [5.41, 5.74) is 4.17. The van der Waals surface area contributed by atoms with E-state index < -0.39 is 5.79 Å². The molecular formula is C26H29FN2O3. The van der Waals surface area contributed by atoms with Crippen LogP contribution in [0.4, 0.5) is 4.39 Å². The number of likely N-dealkylation sites (tertiary alicyclic amines) is 1. The van der Waals surface area contributed by atoms with Gasteiger partial charge in [0.15, 0.2) is 5.79 Å². The van der Waals surface area contributed by atoms with Gasteiger partial charge in [0.05, 0.1) is 13.2 Å². The fraction of sp³-hybridized carbons (Fsp3) is 0.423. The number of para-hydroxylation sites is 1. The number of aromatic amines is 1. The van der Waals surface area contributed by atoms with Crippen LogP contribution in [-0.4, -0.2) is 47.9 Å². The van der Waals surface area contributed by atoms with Crippen LogP contribution < -0.4 is 0 Å². The summed E-state index contributed by atoms with van der Waals surface area (Å²) in [5.74, 6) is -0.946. The fourth-order valence-corrected chi connectivity index (χ4v) is 5.14. The minimum Gasteiger partial charge on any atom is -0.361 e. The van der Waals surface area contributed by atoms with Crippen molar-refractivity contribution in [3.05, 3.63) is 71.2 Å². The van der Waals surface area contributed by atoms with Crippen LogP contribution in [0.3, 0.4) is 0 Å². The first-order chi connectivity index (χ1) is 15.6. The number of nitrogens with one attached hydrogen (secondary N) is 1. The molecular weight excluding hydrogens is 407 g/mol. The van der Waals surface area contributed by atoms with E-state index in [9.17, 15) is 9.18 Å². The van der Waals surface area contributed by atoms with Crippen molar-refractivity contribution < 1.29 is 18.7 Å². The number of aryl methyl sites for hydroxylation is 1. The first-order valence-electron chi connectivity index (χ1n) is 11.5. The highest BCUT2D eigenvalue weighted by Crippen LogP contribution is 2.37. The van der Waals surface area contributed by atoms with E-state index in [0.29, 0.717) is 45.6 Å². The van der Waals surface area contributed by atoms with Crippen LogP contribution in [-0.2, 0) is 20.7 Å². The van der Waals surface area contributed by atoms with Gasteiger partial charge >= 0.3 is 0 Å². The number of carbonyl (C=O) groups excluding carboxylic acids is 1. The third kappa shape index (κ3) is 3.93. The number of benzene rings is 2. The van der Waals surface area contributed by atoms with Gasteiger partial charge in [-0.2, -0.15) is 0 Å². The summed E-state index contributed by atoms with van der Waals surface area (Å²) in [4.78, 5) is 18.7. The lowest BCUT2D eigenvalue weighted by atomic mass is 9.87. The largest absolute Gasteiger partial charge is 0.361 e. The van der Waals surface area contributed by atoms with Gasteiger partial charge in [0.25, 0.3) is 0 Å². The predicted molar refractivity (Wildman–Crippen MR) is 121 cm³/mol. The Balaban J connectivity index is 1.43. The lowest BCUT2D eigenvalue weighted by Gasteiger charge is -2.38. The molecule has 2 aromatic carbocycles. The number of H-pyrrole nitrogens is 1. The first-order valence-corrected chi connectivity index (χ1v) is 11.5. The number of piperidine rings is 1. The van der Waals surface area contributed by atoms with Crippen molar-refractivity contribution in [1.29, 1.82) is 0 Å². The molecule has 3 aromatic rings. The van der Waals surface area contributed by atoms with Gasteiger partial charge in [0, 0.05) is 55.4 Å². The summed E-state index contributed by atoms with van der Waals surface area (Å²) in [6.45, 7) is 4.60. The molecule has 2 saturated heterocycles. The molecule has 5 rings (SSSR count). The second-order valence-corrected chi connectivity index (χ2v) is 8.74. The van der Waals surface area contributed by atoms with Gasteiger partial charge in [-0.3, -0.25) is 4.79 Å². The minimum atomic E-state index is -0.508. The van der Waals surface area contributed by atoms with Crippen molar-refractivity contribution >= 4 is 16.8 Å². The van der Waals surface area contributed by atoms with Crippen LogP contribution in [0.25, 0.3) is 10.9 Å². The number of halogens is 1. The molecule has 1 N–H and O–H groups in total. The van der Waals surface area contributed by atoms with Crippen LogP contribution in [0.2, 0.25) is 0 Å². The smallest absolute Gasteiger partial charge is 0.223 e. The summed E-state index contributed by atoms with van der Waals surface area (Å²) in [6.07, 6.45) is 4.58. The van der Waals surface area contributed by atoms with Crippen molar-refractivity contribution in [2.45, 2.75) is 44.3 Å². The molecule has 2 aliphatic rings. The molecule has 1 aromatic heterocycles. The van der Waals surface area contributed by atoms with Crippen LogP contribution in [0.5, 0.6) is 0 Å². The number of fused-ring (bicyclic) bond motifs is 1. The standard InChI is InChI=1S/C26H29FN2O3/c1-2-18-5-4-8-21-23(17-28-25(18)21)22(19-6-3-7-20(27)15-19)16-24(30)29-11-9-26(10-12-29)31-13-14-32-26/h3-8,15,17,22,28H,2,9-14,16H2,1H3. The number of aromatic nitrogens is 1. The Hall–Kier alpha value is -2.70. The van der Waals surface area contributed by atoms with Gasteiger partial charge in [-0.05, 0) is 35.2 Å². The predicted octanol–water partition coefficient (Wildman–Crippen LogP) is 4.76. The van der Waals surface area contributed by atoms with Crippen molar-refractivity contribution in [3.63, 3.8) is 0 Å². The molecule has 2 fully saturated rings. The highest BCUT2D eigenvalue weighted by Gasteiger charge is 2.41. The second kappa shape index (κ2) is 8.68. The number of rotatable bonds is 5. The highest BCUT2D eigenvalue weighted by molar-refractivity contribution is 5.88. The lowest BCUT2D eigenvalue weighted by molar-refractivity contribution is -0.187. The molecule has 1 amide bonds. The third-order valence-corrected chi connectivity index (χ3v) is 6.91. The highest BCUT2D eigenvalue weighted by atomic mass is 19.1. The topological polar surface area (TPSA) is 54.6 Å². The Bertz CT molecular complexity index is 1110. The maximum absolute atomic E-state index is 14.1. The number of nitrogens with zero attached hydrogens (tertiary/aromatic N) is 1. The zero-order valence-electron chi connectivity index (χ0n) is 18.4. The average Bonchev–Trinajstić information content (AvgIpc) is 3.45. The molecule has 6 heteroatoms. The van der Waals surface area contributed by atoms with E-state index in [1.165, 1.54) is 11.6 Å². The van der Waals surface area contributed by atoms with Crippen LogP contribution in [0.1, 0.15) is 48.8 Å². The van der Waals surface area contributed by atoms with Crippen LogP contribution >= 0.6 is 0 Å². The summed E-state index contributed by atoms with van der Waals surface area (Å²) in [7, 11) is 0. The van der Waals surface area contributed by atoms with Crippen molar-refractivity contribution in [3.8, 4) is 0 Å². The molecule has 1 spiro atoms. The number of amides is 1. The van der Waals surface area contributed by atoms with E-state index in [1.807, 2.05) is 17.2 Å². The van der Waals surface area contributed by atoms with E-state index in [2.05, 4.69) is 30.1 Å². The lowest BCUT2D eigenvalue weighted by Crippen LogP contribution is -2.47. The van der Waals surface area contributed by atoms with E-state index in [0.717, 1.165) is 28.5 Å². The average molecular weight is 437 g/mol. The molecule has 0 radical (unpaired) electrons. The monoisotopic (exact) mass is 436 g/mol. The van der Waals surface area contributed by atoms with Gasteiger partial charge in [0.1, 0.15) is 5.82 Å². The Morgan fingerprint density at radius 3 is 2.62 bits per heavy atom. The van der Waals surface area contributed by atoms with Crippen molar-refractivity contribution in [2.75, 3.05) is 26.3 Å². The number of hydrogen-bond donors (Lipinski definition) is 1. The SMILES string of the molecule is CCc1cccc2c(C(CC(=O)N3CCC4(CC3)OCCO4)c3cccc(F)c3)c[nH]c12. The normalized spacial score (nSPS) is 19.0. The molecule has 2 aliphatic heterocycles. The summed E-state index contributed by atoms with van der Waals surface area (Å²) >= 11 is 0. The van der Waals surface area contributed by atoms with Gasteiger partial charge in [-0.25, -0.2) is 4.39 Å². The van der Waals surface area contributed by atoms with Crippen LogP contribution in [0.15, 0.2) is 48.7 Å². The Kier molecular flexibility index (Phi) is 5.74. The van der Waals surface area contributed by atoms with Gasteiger partial charge < -0.3 is 19.4 Å². The van der Waals surface area contributed by atoms with E-state index in [-0.39, 0.29) is 17.6 Å². The molecule has 1 atom stereocenters. The van der Waals surface area contributed by atoms with E-state index in [4.69, 9.17) is 9.47 Å². The van der Waals surface area contributed by atoms with Gasteiger partial charge in [-0.15, -0.1) is 0 Å². The number of hydrogen-bond acceptors (Lipinski definition) is 3. The molecule has 168 valence electrons. The molecule has 0 bridgehead atoms. The number of carbonyl (C=O) groups is 1. The Morgan fingerprint density at radius 2 is 1.91 bits per heavy atom. The quantitative estimate of drug-likeness (QED) is 0.628. The minimum absolute atomic E-state index is 0.0769. The summed E-state index contributed by atoms with van der Waals surface area (Å²) in [5, 5.41) is 1.09. The van der Waals surface area contributed by atoms with E-state index in [1.54, 1.807) is 12.1 Å². The van der Waals surface area contributed by atoms with Crippen molar-refractivity contribution in [2.24, 2.45) is 0 Å². The Labute approximate surface area is 187 Å².